The van der Waals surface area contributed by atoms with E-state index in [0.29, 0.717) is 0 Å². The minimum atomic E-state index is 0.259. The molecular formula is C14H20N4S. The van der Waals surface area contributed by atoms with Gasteiger partial charge in [-0.2, -0.15) is 0 Å². The first-order valence-corrected chi connectivity index (χ1v) is 7.45. The Kier molecular flexibility index (Phi) is 4.74. The van der Waals surface area contributed by atoms with Crippen LogP contribution in [0, 0.1) is 0 Å². The largest absolute Gasteiger partial charge is 0.373 e. The highest BCUT2D eigenvalue weighted by molar-refractivity contribution is 7.10. The van der Waals surface area contributed by atoms with Crippen LogP contribution in [-0.2, 0) is 6.42 Å². The third kappa shape index (κ3) is 3.23. The monoisotopic (exact) mass is 276 g/mol. The van der Waals surface area contributed by atoms with Gasteiger partial charge in [0.25, 0.3) is 0 Å². The molecule has 102 valence electrons. The van der Waals surface area contributed by atoms with E-state index in [0.717, 1.165) is 30.0 Å². The summed E-state index contributed by atoms with van der Waals surface area (Å²) in [6.45, 7) is 4.32. The molecule has 0 bridgehead atoms. The van der Waals surface area contributed by atoms with Crippen molar-refractivity contribution in [2.24, 2.45) is 0 Å². The van der Waals surface area contributed by atoms with Crippen LogP contribution in [0.2, 0.25) is 0 Å². The lowest BCUT2D eigenvalue weighted by molar-refractivity contribution is 0.860. The van der Waals surface area contributed by atoms with E-state index in [-0.39, 0.29) is 6.04 Å². The summed E-state index contributed by atoms with van der Waals surface area (Å²) in [6.07, 6.45) is 3.65. The fourth-order valence-corrected chi connectivity index (χ4v) is 2.79. The fraction of sp³-hybridized carbons (Fsp3) is 0.429. The maximum atomic E-state index is 4.40. The van der Waals surface area contributed by atoms with E-state index < -0.39 is 0 Å². The van der Waals surface area contributed by atoms with E-state index >= 15 is 0 Å². The van der Waals surface area contributed by atoms with Crippen LogP contribution in [0.3, 0.4) is 0 Å². The first-order valence-electron chi connectivity index (χ1n) is 6.57. The van der Waals surface area contributed by atoms with Gasteiger partial charge in [-0.1, -0.05) is 19.4 Å². The second-order valence-electron chi connectivity index (χ2n) is 4.43. The number of hydrogen-bond donors (Lipinski definition) is 2. The van der Waals surface area contributed by atoms with Crippen LogP contribution in [0.4, 0.5) is 11.6 Å². The molecule has 0 saturated heterocycles. The Morgan fingerprint density at radius 1 is 1.32 bits per heavy atom. The summed E-state index contributed by atoms with van der Waals surface area (Å²) < 4.78 is 0. The molecule has 4 nitrogen and oxygen atoms in total. The van der Waals surface area contributed by atoms with E-state index in [4.69, 9.17) is 0 Å². The summed E-state index contributed by atoms with van der Waals surface area (Å²) in [5.41, 5.74) is 1.16. The van der Waals surface area contributed by atoms with Crippen molar-refractivity contribution >= 4 is 23.0 Å². The Balaban J connectivity index is 2.24. The fourth-order valence-electron chi connectivity index (χ4n) is 2.05. The van der Waals surface area contributed by atoms with Crippen LogP contribution in [0.5, 0.6) is 0 Å². The van der Waals surface area contributed by atoms with Gasteiger partial charge in [0.1, 0.15) is 18.0 Å². The zero-order valence-corrected chi connectivity index (χ0v) is 12.4. The Labute approximate surface area is 118 Å². The molecule has 0 fully saturated rings. The summed E-state index contributed by atoms with van der Waals surface area (Å²) in [5, 5.41) is 8.73. The lowest BCUT2D eigenvalue weighted by Gasteiger charge is -2.17. The van der Waals surface area contributed by atoms with Gasteiger partial charge in [-0.15, -0.1) is 11.3 Å². The quantitative estimate of drug-likeness (QED) is 0.844. The maximum Gasteiger partial charge on any atom is 0.135 e. The van der Waals surface area contributed by atoms with Crippen molar-refractivity contribution in [3.05, 3.63) is 34.3 Å². The number of thiophene rings is 1. The second-order valence-corrected chi connectivity index (χ2v) is 5.41. The second kappa shape index (κ2) is 6.52. The molecule has 2 aromatic heterocycles. The van der Waals surface area contributed by atoms with Crippen molar-refractivity contribution in [3.8, 4) is 0 Å². The van der Waals surface area contributed by atoms with Gasteiger partial charge in [0, 0.05) is 17.5 Å². The average molecular weight is 276 g/mol. The number of nitrogens with one attached hydrogen (secondary N) is 2. The molecule has 0 aliphatic heterocycles. The van der Waals surface area contributed by atoms with Crippen molar-refractivity contribution in [2.45, 2.75) is 32.7 Å². The van der Waals surface area contributed by atoms with Crippen molar-refractivity contribution < 1.29 is 0 Å². The molecule has 19 heavy (non-hydrogen) atoms. The Hall–Kier alpha value is -1.62. The minimum Gasteiger partial charge on any atom is -0.373 e. The third-order valence-electron chi connectivity index (χ3n) is 3.01. The summed E-state index contributed by atoms with van der Waals surface area (Å²) in [4.78, 5) is 10.00. The molecule has 2 rings (SSSR count). The van der Waals surface area contributed by atoms with E-state index in [9.17, 15) is 0 Å². The van der Waals surface area contributed by atoms with Crippen molar-refractivity contribution in [2.75, 3.05) is 17.7 Å². The molecule has 1 atom stereocenters. The lowest BCUT2D eigenvalue weighted by atomic mass is 10.1. The van der Waals surface area contributed by atoms with Gasteiger partial charge in [0.15, 0.2) is 0 Å². The van der Waals surface area contributed by atoms with Crippen molar-refractivity contribution in [1.82, 2.24) is 9.97 Å². The van der Waals surface area contributed by atoms with Gasteiger partial charge in [0.05, 0.1) is 6.04 Å². The van der Waals surface area contributed by atoms with Gasteiger partial charge in [-0.05, 0) is 24.8 Å². The highest BCUT2D eigenvalue weighted by Gasteiger charge is 2.13. The zero-order chi connectivity index (χ0) is 13.7. The smallest absolute Gasteiger partial charge is 0.135 e. The van der Waals surface area contributed by atoms with E-state index in [1.807, 2.05) is 7.05 Å². The summed E-state index contributed by atoms with van der Waals surface area (Å²) in [5.74, 6) is 1.85. The summed E-state index contributed by atoms with van der Waals surface area (Å²) >= 11 is 1.76. The van der Waals surface area contributed by atoms with Crippen LogP contribution in [-0.4, -0.2) is 17.0 Å². The zero-order valence-electron chi connectivity index (χ0n) is 11.6. The van der Waals surface area contributed by atoms with Crippen LogP contribution in [0.25, 0.3) is 0 Å². The molecule has 2 N–H and O–H groups in total. The lowest BCUT2D eigenvalue weighted by Crippen LogP contribution is -2.11. The Morgan fingerprint density at radius 3 is 2.74 bits per heavy atom. The number of aromatic nitrogens is 2. The first-order chi connectivity index (χ1) is 9.26. The highest BCUT2D eigenvalue weighted by atomic mass is 32.1. The molecule has 2 aromatic rings. The summed E-state index contributed by atoms with van der Waals surface area (Å²) in [7, 11) is 1.90. The van der Waals surface area contributed by atoms with Gasteiger partial charge in [-0.3, -0.25) is 0 Å². The molecule has 2 heterocycles. The average Bonchev–Trinajstić information content (AvgIpc) is 2.95. The molecule has 0 aromatic carbocycles. The summed E-state index contributed by atoms with van der Waals surface area (Å²) in [6, 6.07) is 4.47. The third-order valence-corrected chi connectivity index (χ3v) is 4.06. The topological polar surface area (TPSA) is 49.8 Å². The number of hydrogen-bond acceptors (Lipinski definition) is 5. The van der Waals surface area contributed by atoms with E-state index in [2.05, 4.69) is 52.0 Å². The van der Waals surface area contributed by atoms with Gasteiger partial charge in [0.2, 0.25) is 0 Å². The van der Waals surface area contributed by atoms with Crippen molar-refractivity contribution in [1.29, 1.82) is 0 Å². The van der Waals surface area contributed by atoms with E-state index in [1.165, 1.54) is 4.88 Å². The molecule has 0 amide bonds. The maximum absolute atomic E-state index is 4.40. The van der Waals surface area contributed by atoms with Crippen molar-refractivity contribution in [3.63, 3.8) is 0 Å². The molecule has 0 aliphatic rings. The van der Waals surface area contributed by atoms with Crippen LogP contribution in [0.1, 0.15) is 36.8 Å². The van der Waals surface area contributed by atoms with Gasteiger partial charge in [-0.25, -0.2) is 9.97 Å². The molecule has 0 spiro atoms. The number of anilines is 2. The Morgan fingerprint density at radius 2 is 2.11 bits per heavy atom. The van der Waals surface area contributed by atoms with E-state index in [1.54, 1.807) is 17.7 Å². The number of nitrogens with zero attached hydrogens (tertiary/aromatic N) is 2. The predicted molar refractivity (Wildman–Crippen MR) is 81.9 cm³/mol. The molecule has 0 aliphatic carbocycles. The molecule has 1 unspecified atom stereocenters. The molecular weight excluding hydrogens is 256 g/mol. The molecule has 0 radical (unpaired) electrons. The molecule has 0 saturated carbocycles. The van der Waals surface area contributed by atoms with Gasteiger partial charge >= 0.3 is 0 Å². The SMILES string of the molecule is CCCc1c(NC)ncnc1NC(C)c1cccs1. The normalized spacial score (nSPS) is 12.2. The standard InChI is InChI=1S/C14H20N4S/c1-4-6-11-13(15-3)16-9-17-14(11)18-10(2)12-7-5-8-19-12/h5,7-10H,4,6H2,1-3H3,(H2,15,16,17,18). The van der Waals surface area contributed by atoms with Crippen LogP contribution in [0.15, 0.2) is 23.8 Å². The van der Waals surface area contributed by atoms with Gasteiger partial charge < -0.3 is 10.6 Å². The predicted octanol–water partition coefficient (Wildman–Crippen LogP) is 3.71. The number of rotatable bonds is 6. The Bertz CT molecular complexity index is 510. The van der Waals surface area contributed by atoms with Crippen LogP contribution < -0.4 is 10.6 Å². The highest BCUT2D eigenvalue weighted by Crippen LogP contribution is 2.27. The minimum absolute atomic E-state index is 0.259. The van der Waals surface area contributed by atoms with Crippen LogP contribution >= 0.6 is 11.3 Å². The first kappa shape index (κ1) is 13.8. The molecule has 5 heteroatoms.